The molecule has 1 unspecified atom stereocenters. The number of carbonyl (C=O) groups is 1. The van der Waals surface area contributed by atoms with Crippen LogP contribution in [0.15, 0.2) is 10.9 Å². The summed E-state index contributed by atoms with van der Waals surface area (Å²) in [6.07, 6.45) is 6.94. The van der Waals surface area contributed by atoms with Gasteiger partial charge in [-0.2, -0.15) is 0 Å². The van der Waals surface area contributed by atoms with Gasteiger partial charge in [0.25, 0.3) is 0 Å². The highest BCUT2D eigenvalue weighted by Gasteiger charge is 2.35. The first-order valence-corrected chi connectivity index (χ1v) is 8.75. The minimum absolute atomic E-state index is 0.626. The molecule has 1 N–H and O–H groups in total. The van der Waals surface area contributed by atoms with Crippen LogP contribution in [0.25, 0.3) is 0 Å². The van der Waals surface area contributed by atoms with E-state index < -0.39 is 12.0 Å². The molecule has 7 heteroatoms. The van der Waals surface area contributed by atoms with Crippen molar-refractivity contribution in [2.24, 2.45) is 7.05 Å². The van der Waals surface area contributed by atoms with E-state index in [1.165, 1.54) is 25.7 Å². The average molecular weight is 371 g/mol. The number of hydrogen-bond acceptors (Lipinski definition) is 4. The van der Waals surface area contributed by atoms with Crippen molar-refractivity contribution in [2.45, 2.75) is 37.8 Å². The van der Waals surface area contributed by atoms with E-state index in [4.69, 9.17) is 0 Å². The quantitative estimate of drug-likeness (QED) is 0.876. The molecule has 1 aromatic heterocycles. The Kier molecular flexibility index (Phi) is 4.84. The van der Waals surface area contributed by atoms with Crippen LogP contribution in [0, 0.1) is 0 Å². The standard InChI is InChI=1S/C15H23BrN4O2/c1-18-10-17-14(16)12(18)13(15(21)22)20-8-6-19(7-9-20)11-4-2-3-5-11/h10-11,13H,2-9H2,1H3,(H,21,22). The van der Waals surface area contributed by atoms with Crippen molar-refractivity contribution in [3.8, 4) is 0 Å². The number of imidazole rings is 1. The van der Waals surface area contributed by atoms with Crippen molar-refractivity contribution < 1.29 is 9.90 Å². The molecule has 1 aliphatic carbocycles. The van der Waals surface area contributed by atoms with Gasteiger partial charge in [0.2, 0.25) is 0 Å². The molecule has 0 radical (unpaired) electrons. The third-order valence-electron chi connectivity index (χ3n) is 4.98. The first-order valence-electron chi connectivity index (χ1n) is 7.95. The molecule has 1 aliphatic heterocycles. The predicted molar refractivity (Wildman–Crippen MR) is 86.7 cm³/mol. The second-order valence-corrected chi connectivity index (χ2v) is 7.03. The molecular weight excluding hydrogens is 348 g/mol. The van der Waals surface area contributed by atoms with Gasteiger partial charge in [0, 0.05) is 39.3 Å². The maximum atomic E-state index is 11.8. The van der Waals surface area contributed by atoms with Gasteiger partial charge in [-0.15, -0.1) is 0 Å². The number of aliphatic carboxylic acids is 1. The predicted octanol–water partition coefficient (Wildman–Crippen LogP) is 1.87. The van der Waals surface area contributed by atoms with E-state index >= 15 is 0 Å². The Labute approximate surface area is 139 Å². The highest BCUT2D eigenvalue weighted by atomic mass is 79.9. The molecule has 1 saturated heterocycles. The lowest BCUT2D eigenvalue weighted by Gasteiger charge is -2.40. The van der Waals surface area contributed by atoms with Crippen LogP contribution in [-0.4, -0.2) is 62.6 Å². The largest absolute Gasteiger partial charge is 0.480 e. The first kappa shape index (κ1) is 16.0. The summed E-state index contributed by atoms with van der Waals surface area (Å²) in [5.41, 5.74) is 0.724. The normalized spacial score (nSPS) is 23.0. The van der Waals surface area contributed by atoms with Crippen molar-refractivity contribution in [3.05, 3.63) is 16.6 Å². The summed E-state index contributed by atoms with van der Waals surface area (Å²) in [6.45, 7) is 3.52. The Bertz CT molecular complexity index is 514. The van der Waals surface area contributed by atoms with Gasteiger partial charge in [-0.05, 0) is 28.8 Å². The molecule has 1 aromatic rings. The summed E-state index contributed by atoms with van der Waals surface area (Å²) < 4.78 is 2.42. The molecule has 1 saturated carbocycles. The Morgan fingerprint density at radius 3 is 2.45 bits per heavy atom. The van der Waals surface area contributed by atoms with Gasteiger partial charge in [0.15, 0.2) is 6.04 Å². The van der Waals surface area contributed by atoms with Gasteiger partial charge in [-0.3, -0.25) is 14.6 Å². The lowest BCUT2D eigenvalue weighted by Crippen LogP contribution is -2.52. The minimum atomic E-state index is -0.807. The molecule has 2 fully saturated rings. The average Bonchev–Trinajstić information content (AvgIpc) is 3.13. The third-order valence-corrected chi connectivity index (χ3v) is 5.59. The molecule has 2 heterocycles. The molecular formula is C15H23BrN4O2. The van der Waals surface area contributed by atoms with E-state index in [9.17, 15) is 9.90 Å². The van der Waals surface area contributed by atoms with Gasteiger partial charge in [0.1, 0.15) is 4.60 Å². The highest BCUT2D eigenvalue weighted by molar-refractivity contribution is 9.10. The van der Waals surface area contributed by atoms with Crippen LogP contribution < -0.4 is 0 Å². The van der Waals surface area contributed by atoms with Crippen LogP contribution in [-0.2, 0) is 11.8 Å². The number of carboxylic acid groups (broad SMARTS) is 1. The van der Waals surface area contributed by atoms with Crippen LogP contribution in [0.4, 0.5) is 0 Å². The van der Waals surface area contributed by atoms with Crippen molar-refractivity contribution in [3.63, 3.8) is 0 Å². The second kappa shape index (κ2) is 6.68. The van der Waals surface area contributed by atoms with Crippen LogP contribution >= 0.6 is 15.9 Å². The lowest BCUT2D eigenvalue weighted by atomic mass is 10.1. The number of piperazine rings is 1. The Balaban J connectivity index is 1.71. The van der Waals surface area contributed by atoms with Crippen LogP contribution in [0.5, 0.6) is 0 Å². The van der Waals surface area contributed by atoms with E-state index in [-0.39, 0.29) is 0 Å². The topological polar surface area (TPSA) is 61.6 Å². The monoisotopic (exact) mass is 370 g/mol. The molecule has 122 valence electrons. The number of aromatic nitrogens is 2. The van der Waals surface area contributed by atoms with Gasteiger partial charge < -0.3 is 9.67 Å². The number of hydrogen-bond donors (Lipinski definition) is 1. The van der Waals surface area contributed by atoms with E-state index in [1.807, 2.05) is 7.05 Å². The zero-order valence-corrected chi connectivity index (χ0v) is 14.5. The van der Waals surface area contributed by atoms with Crippen LogP contribution in [0.2, 0.25) is 0 Å². The zero-order chi connectivity index (χ0) is 15.7. The summed E-state index contributed by atoms with van der Waals surface area (Å²) in [5.74, 6) is -0.807. The van der Waals surface area contributed by atoms with Crippen molar-refractivity contribution in [2.75, 3.05) is 26.2 Å². The van der Waals surface area contributed by atoms with Crippen LogP contribution in [0.3, 0.4) is 0 Å². The molecule has 0 amide bonds. The highest BCUT2D eigenvalue weighted by Crippen LogP contribution is 2.30. The fourth-order valence-corrected chi connectivity index (χ4v) is 4.38. The number of aryl methyl sites for hydroxylation is 1. The van der Waals surface area contributed by atoms with Gasteiger partial charge in [0.05, 0.1) is 12.0 Å². The maximum Gasteiger partial charge on any atom is 0.327 e. The number of carboxylic acids is 1. The Morgan fingerprint density at radius 1 is 1.32 bits per heavy atom. The fraction of sp³-hybridized carbons (Fsp3) is 0.733. The second-order valence-electron chi connectivity index (χ2n) is 6.28. The third kappa shape index (κ3) is 3.07. The molecule has 3 rings (SSSR count). The summed E-state index contributed by atoms with van der Waals surface area (Å²) in [6, 6.07) is 0.0847. The number of halogens is 1. The zero-order valence-electron chi connectivity index (χ0n) is 12.9. The molecule has 0 bridgehead atoms. The van der Waals surface area contributed by atoms with Crippen LogP contribution in [0.1, 0.15) is 37.4 Å². The number of rotatable bonds is 4. The minimum Gasteiger partial charge on any atom is -0.480 e. The van der Waals surface area contributed by atoms with Gasteiger partial charge in [-0.25, -0.2) is 4.98 Å². The molecule has 2 aliphatic rings. The van der Waals surface area contributed by atoms with E-state index in [1.54, 1.807) is 10.9 Å². The van der Waals surface area contributed by atoms with Crippen molar-refractivity contribution in [1.82, 2.24) is 19.4 Å². The van der Waals surface area contributed by atoms with E-state index in [0.717, 1.165) is 31.9 Å². The number of nitrogens with zero attached hydrogens (tertiary/aromatic N) is 4. The summed E-state index contributed by atoms with van der Waals surface area (Å²) in [4.78, 5) is 20.6. The summed E-state index contributed by atoms with van der Waals surface area (Å²) in [7, 11) is 1.85. The molecule has 0 spiro atoms. The van der Waals surface area contributed by atoms with E-state index in [0.29, 0.717) is 10.6 Å². The van der Waals surface area contributed by atoms with Crippen molar-refractivity contribution >= 4 is 21.9 Å². The summed E-state index contributed by atoms with van der Waals surface area (Å²) >= 11 is 3.39. The molecule has 22 heavy (non-hydrogen) atoms. The Hall–Kier alpha value is -0.920. The molecule has 6 nitrogen and oxygen atoms in total. The van der Waals surface area contributed by atoms with Gasteiger partial charge >= 0.3 is 5.97 Å². The summed E-state index contributed by atoms with van der Waals surface area (Å²) in [5, 5.41) is 9.71. The molecule has 0 aromatic carbocycles. The lowest BCUT2D eigenvalue weighted by molar-refractivity contribution is -0.144. The maximum absolute atomic E-state index is 11.8. The SMILES string of the molecule is Cn1cnc(Br)c1C(C(=O)O)N1CCN(C2CCCC2)CC1. The van der Waals surface area contributed by atoms with Gasteiger partial charge in [-0.1, -0.05) is 12.8 Å². The fourth-order valence-electron chi connectivity index (χ4n) is 3.79. The van der Waals surface area contributed by atoms with Crippen molar-refractivity contribution in [1.29, 1.82) is 0 Å². The smallest absolute Gasteiger partial charge is 0.327 e. The van der Waals surface area contributed by atoms with E-state index in [2.05, 4.69) is 30.7 Å². The Morgan fingerprint density at radius 2 is 1.95 bits per heavy atom. The first-order chi connectivity index (χ1) is 10.6. The molecule has 1 atom stereocenters.